The molecular weight excluding hydrogens is 357 g/mol. The van der Waals surface area contributed by atoms with E-state index in [1.807, 2.05) is 18.2 Å². The number of amides is 1. The van der Waals surface area contributed by atoms with E-state index in [4.69, 9.17) is 0 Å². The summed E-state index contributed by atoms with van der Waals surface area (Å²) in [6, 6.07) is 15.7. The average Bonchev–Trinajstić information content (AvgIpc) is 3.08. The fourth-order valence-corrected chi connectivity index (χ4v) is 3.71. The Kier molecular flexibility index (Phi) is 4.73. The summed E-state index contributed by atoms with van der Waals surface area (Å²) in [6.07, 6.45) is 1.93. The van der Waals surface area contributed by atoms with Crippen molar-refractivity contribution in [2.75, 3.05) is 6.54 Å². The lowest BCUT2D eigenvalue weighted by molar-refractivity contribution is 0.0258. The molecule has 1 aromatic heterocycles. The predicted octanol–water partition coefficient (Wildman–Crippen LogP) is 2.88. The number of rotatable bonds is 4. The van der Waals surface area contributed by atoms with Gasteiger partial charge in [-0.15, -0.1) is 0 Å². The summed E-state index contributed by atoms with van der Waals surface area (Å²) in [4.78, 5) is 12.7. The van der Waals surface area contributed by atoms with Gasteiger partial charge in [-0.2, -0.15) is 5.10 Å². The second kappa shape index (κ2) is 7.20. The molecule has 6 heteroatoms. The van der Waals surface area contributed by atoms with E-state index in [-0.39, 0.29) is 18.3 Å². The molecule has 0 unspecified atom stereocenters. The monoisotopic (exact) mass is 379 g/mol. The quantitative estimate of drug-likeness (QED) is 0.733. The van der Waals surface area contributed by atoms with Crippen LogP contribution in [-0.4, -0.2) is 32.9 Å². The zero-order chi connectivity index (χ0) is 19.7. The Morgan fingerprint density at radius 3 is 2.68 bits per heavy atom. The first kappa shape index (κ1) is 18.4. The van der Waals surface area contributed by atoms with Gasteiger partial charge in [-0.25, -0.2) is 4.39 Å². The fourth-order valence-electron chi connectivity index (χ4n) is 3.71. The first-order chi connectivity index (χ1) is 13.4. The standard InChI is InChI=1S/C22H22FN3O2/c1-26-20(12-19(25-26)16-6-8-18(23)9-7-16)21(27)24-14-22(28)11-10-15-4-2-3-5-17(15)13-22/h2-9,12,28H,10-11,13-14H2,1H3,(H,24,27)/t22-/m1/s1. The molecule has 144 valence electrons. The van der Waals surface area contributed by atoms with E-state index in [1.54, 1.807) is 25.2 Å². The molecule has 1 amide bonds. The maximum absolute atomic E-state index is 13.1. The number of aryl methyl sites for hydroxylation is 2. The molecule has 0 spiro atoms. The van der Waals surface area contributed by atoms with Crippen molar-refractivity contribution in [3.63, 3.8) is 0 Å². The Labute approximate surface area is 162 Å². The molecule has 1 heterocycles. The number of carbonyl (C=O) groups excluding carboxylic acids is 1. The maximum Gasteiger partial charge on any atom is 0.269 e. The second-order valence-corrected chi connectivity index (χ2v) is 7.40. The maximum atomic E-state index is 13.1. The second-order valence-electron chi connectivity index (χ2n) is 7.40. The van der Waals surface area contributed by atoms with Crippen LogP contribution in [0.4, 0.5) is 4.39 Å². The van der Waals surface area contributed by atoms with E-state index in [2.05, 4.69) is 16.5 Å². The van der Waals surface area contributed by atoms with Crippen LogP contribution in [0.25, 0.3) is 11.3 Å². The fraction of sp³-hybridized carbons (Fsp3) is 0.273. The van der Waals surface area contributed by atoms with Crippen molar-refractivity contribution in [3.05, 3.63) is 77.2 Å². The third kappa shape index (κ3) is 3.68. The van der Waals surface area contributed by atoms with Gasteiger partial charge >= 0.3 is 0 Å². The highest BCUT2D eigenvalue weighted by atomic mass is 19.1. The van der Waals surface area contributed by atoms with Crippen molar-refractivity contribution in [3.8, 4) is 11.3 Å². The molecule has 2 N–H and O–H groups in total. The van der Waals surface area contributed by atoms with Gasteiger partial charge in [0.25, 0.3) is 5.91 Å². The highest BCUT2D eigenvalue weighted by Gasteiger charge is 2.32. The van der Waals surface area contributed by atoms with Gasteiger partial charge in [0.15, 0.2) is 0 Å². The molecule has 0 fully saturated rings. The number of hydrogen-bond acceptors (Lipinski definition) is 3. The highest BCUT2D eigenvalue weighted by Crippen LogP contribution is 2.28. The third-order valence-electron chi connectivity index (χ3n) is 5.33. The normalized spacial score (nSPS) is 18.5. The number of carbonyl (C=O) groups is 1. The Morgan fingerprint density at radius 2 is 1.93 bits per heavy atom. The minimum Gasteiger partial charge on any atom is -0.388 e. The van der Waals surface area contributed by atoms with Crippen molar-refractivity contribution in [2.24, 2.45) is 7.05 Å². The molecule has 0 saturated heterocycles. The first-order valence-corrected chi connectivity index (χ1v) is 9.31. The molecule has 1 aliphatic carbocycles. The summed E-state index contributed by atoms with van der Waals surface area (Å²) in [5.74, 6) is -0.615. The Morgan fingerprint density at radius 1 is 1.21 bits per heavy atom. The molecule has 3 aromatic rings. The molecule has 28 heavy (non-hydrogen) atoms. The van der Waals surface area contributed by atoms with E-state index in [0.717, 1.165) is 17.5 Å². The van der Waals surface area contributed by atoms with E-state index < -0.39 is 5.60 Å². The van der Waals surface area contributed by atoms with Crippen LogP contribution in [0, 0.1) is 5.82 Å². The molecular formula is C22H22FN3O2. The number of nitrogens with zero attached hydrogens (tertiary/aromatic N) is 2. The van der Waals surface area contributed by atoms with E-state index in [9.17, 15) is 14.3 Å². The Balaban J connectivity index is 1.45. The Hall–Kier alpha value is -2.99. The number of hydrogen-bond donors (Lipinski definition) is 2. The molecule has 4 rings (SSSR count). The van der Waals surface area contributed by atoms with Gasteiger partial charge in [-0.1, -0.05) is 24.3 Å². The van der Waals surface area contributed by atoms with Crippen LogP contribution < -0.4 is 5.32 Å². The lowest BCUT2D eigenvalue weighted by Crippen LogP contribution is -2.47. The van der Waals surface area contributed by atoms with Gasteiger partial charge in [0, 0.05) is 25.6 Å². The van der Waals surface area contributed by atoms with Crippen molar-refractivity contribution in [1.29, 1.82) is 0 Å². The third-order valence-corrected chi connectivity index (χ3v) is 5.33. The largest absolute Gasteiger partial charge is 0.388 e. The number of halogens is 1. The lowest BCUT2D eigenvalue weighted by Gasteiger charge is -2.33. The van der Waals surface area contributed by atoms with Gasteiger partial charge in [0.05, 0.1) is 11.3 Å². The van der Waals surface area contributed by atoms with Crippen LogP contribution in [-0.2, 0) is 19.9 Å². The summed E-state index contributed by atoms with van der Waals surface area (Å²) in [7, 11) is 1.69. The minimum atomic E-state index is -0.956. The molecule has 5 nitrogen and oxygen atoms in total. The highest BCUT2D eigenvalue weighted by molar-refractivity contribution is 5.93. The van der Waals surface area contributed by atoms with Crippen LogP contribution in [0.2, 0.25) is 0 Å². The summed E-state index contributed by atoms with van der Waals surface area (Å²) < 4.78 is 14.6. The molecule has 0 radical (unpaired) electrons. The van der Waals surface area contributed by atoms with E-state index >= 15 is 0 Å². The number of fused-ring (bicyclic) bond motifs is 1. The number of benzene rings is 2. The van der Waals surface area contributed by atoms with Crippen molar-refractivity contribution in [2.45, 2.75) is 24.9 Å². The molecule has 2 aromatic carbocycles. The van der Waals surface area contributed by atoms with Gasteiger partial charge in [-0.05, 0) is 54.3 Å². The smallest absolute Gasteiger partial charge is 0.269 e. The summed E-state index contributed by atoms with van der Waals surface area (Å²) in [5.41, 5.74) is 3.15. The summed E-state index contributed by atoms with van der Waals surface area (Å²) in [5, 5.41) is 18.1. The van der Waals surface area contributed by atoms with Crippen LogP contribution in [0.15, 0.2) is 54.6 Å². The summed E-state index contributed by atoms with van der Waals surface area (Å²) in [6.45, 7) is 0.178. The SMILES string of the molecule is Cn1nc(-c2ccc(F)cc2)cc1C(=O)NC[C@@]1(O)CCc2ccccc2C1. The van der Waals surface area contributed by atoms with Gasteiger partial charge in [0.1, 0.15) is 11.5 Å². The van der Waals surface area contributed by atoms with Crippen molar-refractivity contribution in [1.82, 2.24) is 15.1 Å². The number of nitrogens with one attached hydrogen (secondary N) is 1. The van der Waals surface area contributed by atoms with Crippen LogP contribution >= 0.6 is 0 Å². The topological polar surface area (TPSA) is 67.2 Å². The van der Waals surface area contributed by atoms with E-state index in [0.29, 0.717) is 24.2 Å². The zero-order valence-electron chi connectivity index (χ0n) is 15.7. The zero-order valence-corrected chi connectivity index (χ0v) is 15.7. The molecule has 0 bridgehead atoms. The predicted molar refractivity (Wildman–Crippen MR) is 104 cm³/mol. The van der Waals surface area contributed by atoms with Crippen LogP contribution in [0.3, 0.4) is 0 Å². The van der Waals surface area contributed by atoms with E-state index in [1.165, 1.54) is 22.4 Å². The molecule has 0 saturated carbocycles. The van der Waals surface area contributed by atoms with Gasteiger partial charge in [0.2, 0.25) is 0 Å². The first-order valence-electron chi connectivity index (χ1n) is 9.31. The number of aromatic nitrogens is 2. The lowest BCUT2D eigenvalue weighted by atomic mass is 9.80. The molecule has 0 aliphatic heterocycles. The number of aliphatic hydroxyl groups is 1. The average molecular weight is 379 g/mol. The molecule has 1 atom stereocenters. The Bertz CT molecular complexity index is 1010. The van der Waals surface area contributed by atoms with Crippen molar-refractivity contribution < 1.29 is 14.3 Å². The van der Waals surface area contributed by atoms with Gasteiger partial charge < -0.3 is 10.4 Å². The van der Waals surface area contributed by atoms with Crippen LogP contribution in [0.1, 0.15) is 28.0 Å². The minimum absolute atomic E-state index is 0.178. The molecule has 1 aliphatic rings. The van der Waals surface area contributed by atoms with Gasteiger partial charge in [-0.3, -0.25) is 9.48 Å². The summed E-state index contributed by atoms with van der Waals surface area (Å²) >= 11 is 0. The van der Waals surface area contributed by atoms with Crippen molar-refractivity contribution >= 4 is 5.91 Å². The van der Waals surface area contributed by atoms with Crippen LogP contribution in [0.5, 0.6) is 0 Å².